The van der Waals surface area contributed by atoms with E-state index in [1.807, 2.05) is 13.8 Å². The van der Waals surface area contributed by atoms with Crippen LogP contribution in [0.2, 0.25) is 0 Å². The molecule has 0 fully saturated rings. The molecule has 0 saturated heterocycles. The number of carbonyl (C=O) groups excluding carboxylic acids is 2. The molecule has 0 atom stereocenters. The second-order valence-electron chi connectivity index (χ2n) is 7.03. The van der Waals surface area contributed by atoms with Crippen molar-refractivity contribution in [3.63, 3.8) is 0 Å². The van der Waals surface area contributed by atoms with Crippen molar-refractivity contribution in [1.29, 1.82) is 0 Å². The van der Waals surface area contributed by atoms with Crippen LogP contribution in [-0.2, 0) is 9.47 Å². The Morgan fingerprint density at radius 3 is 1.43 bits per heavy atom. The molecule has 0 aliphatic heterocycles. The van der Waals surface area contributed by atoms with Crippen molar-refractivity contribution >= 4 is 18.0 Å². The molecule has 0 aromatic carbocycles. The predicted octanol–water partition coefficient (Wildman–Crippen LogP) is 3.84. The van der Waals surface area contributed by atoms with Gasteiger partial charge in [-0.15, -0.1) is 0 Å². The number of nitrogens with zero attached hydrogens (tertiary/aromatic N) is 2. The van der Waals surface area contributed by atoms with Gasteiger partial charge in [0.25, 0.3) is 0 Å². The molecule has 2 amide bonds. The van der Waals surface area contributed by atoms with Gasteiger partial charge in [0.2, 0.25) is 0 Å². The number of amides is 2. The van der Waals surface area contributed by atoms with Crippen molar-refractivity contribution in [2.75, 3.05) is 7.05 Å². The van der Waals surface area contributed by atoms with Gasteiger partial charge in [0, 0.05) is 13.0 Å². The van der Waals surface area contributed by atoms with Crippen LogP contribution in [0.1, 0.15) is 55.4 Å². The van der Waals surface area contributed by atoms with E-state index in [1.54, 1.807) is 41.5 Å². The Kier molecular flexibility index (Phi) is 6.39. The smallest absolute Gasteiger partial charge is 0.425 e. The summed E-state index contributed by atoms with van der Waals surface area (Å²) in [5.74, 6) is 0.175. The normalized spacial score (nSPS) is 13.1. The molecule has 0 spiro atoms. The maximum Gasteiger partial charge on any atom is 0.425 e. The van der Waals surface area contributed by atoms with E-state index in [9.17, 15) is 9.59 Å². The molecule has 0 radical (unpaired) electrons. The van der Waals surface area contributed by atoms with E-state index in [1.165, 1.54) is 7.05 Å². The van der Waals surface area contributed by atoms with Crippen LogP contribution in [0.25, 0.3) is 0 Å². The lowest BCUT2D eigenvalue weighted by atomic mass is 10.1. The summed E-state index contributed by atoms with van der Waals surface area (Å²) >= 11 is 0. The first-order valence-electron chi connectivity index (χ1n) is 7.01. The Morgan fingerprint density at radius 1 is 0.905 bits per heavy atom. The number of hydrogen-bond donors (Lipinski definition) is 0. The van der Waals surface area contributed by atoms with Gasteiger partial charge in [0.1, 0.15) is 17.0 Å². The van der Waals surface area contributed by atoms with Crippen molar-refractivity contribution in [2.24, 2.45) is 10.9 Å². The molecule has 6 nitrogen and oxygen atoms in total. The van der Waals surface area contributed by atoms with Crippen molar-refractivity contribution in [1.82, 2.24) is 4.90 Å². The topological polar surface area (TPSA) is 68.2 Å². The Labute approximate surface area is 127 Å². The number of imide groups is 1. The molecule has 0 N–H and O–H groups in total. The summed E-state index contributed by atoms with van der Waals surface area (Å²) in [5, 5.41) is 0. The summed E-state index contributed by atoms with van der Waals surface area (Å²) in [5.41, 5.74) is -1.43. The summed E-state index contributed by atoms with van der Waals surface area (Å²) in [6.07, 6.45) is -1.57. The lowest BCUT2D eigenvalue weighted by Gasteiger charge is -2.30. The van der Waals surface area contributed by atoms with Crippen molar-refractivity contribution in [3.8, 4) is 0 Å². The van der Waals surface area contributed by atoms with Gasteiger partial charge in [0.15, 0.2) is 0 Å². The summed E-state index contributed by atoms with van der Waals surface area (Å²) < 4.78 is 10.5. The lowest BCUT2D eigenvalue weighted by Crippen LogP contribution is -2.48. The van der Waals surface area contributed by atoms with Crippen LogP contribution in [0.3, 0.4) is 0 Å². The Balaban J connectivity index is 5.48. The average molecular weight is 300 g/mol. The summed E-state index contributed by atoms with van der Waals surface area (Å²) in [7, 11) is 1.52. The maximum absolute atomic E-state index is 12.3. The average Bonchev–Trinajstić information content (AvgIpc) is 2.19. The molecule has 21 heavy (non-hydrogen) atoms. The molecular formula is C15H28N2O4. The largest absolute Gasteiger partial charge is 0.443 e. The van der Waals surface area contributed by atoms with Crippen LogP contribution >= 0.6 is 0 Å². The third kappa shape index (κ3) is 7.11. The highest BCUT2D eigenvalue weighted by atomic mass is 16.6. The fourth-order valence-corrected chi connectivity index (χ4v) is 1.49. The number of rotatable bonds is 1. The van der Waals surface area contributed by atoms with Gasteiger partial charge < -0.3 is 9.47 Å². The number of amidine groups is 1. The first kappa shape index (κ1) is 19.4. The van der Waals surface area contributed by atoms with Crippen molar-refractivity contribution in [2.45, 2.75) is 66.6 Å². The number of ether oxygens (including phenoxy) is 2. The first-order valence-corrected chi connectivity index (χ1v) is 7.01. The molecule has 0 unspecified atom stereocenters. The van der Waals surface area contributed by atoms with Crippen LogP contribution in [0.15, 0.2) is 4.99 Å². The number of hydrogen-bond acceptors (Lipinski definition) is 5. The molecule has 0 heterocycles. The minimum absolute atomic E-state index is 0.130. The monoisotopic (exact) mass is 300 g/mol. The first-order chi connectivity index (χ1) is 9.28. The maximum atomic E-state index is 12.3. The highest BCUT2D eigenvalue weighted by Crippen LogP contribution is 2.17. The van der Waals surface area contributed by atoms with Crippen LogP contribution < -0.4 is 0 Å². The minimum atomic E-state index is -0.786. The van der Waals surface area contributed by atoms with Crippen molar-refractivity contribution < 1.29 is 19.1 Å². The quantitative estimate of drug-likeness (QED) is 0.545. The molecule has 0 aromatic rings. The van der Waals surface area contributed by atoms with E-state index in [2.05, 4.69) is 4.99 Å². The van der Waals surface area contributed by atoms with E-state index < -0.39 is 23.4 Å². The van der Waals surface area contributed by atoms with Crippen LogP contribution in [-0.4, -0.2) is 41.2 Å². The van der Waals surface area contributed by atoms with Gasteiger partial charge in [-0.1, -0.05) is 13.8 Å². The number of aliphatic imine (C=N–C) groups is 1. The molecule has 0 aromatic heterocycles. The predicted molar refractivity (Wildman–Crippen MR) is 82.5 cm³/mol. The highest BCUT2D eigenvalue weighted by Gasteiger charge is 2.35. The van der Waals surface area contributed by atoms with E-state index >= 15 is 0 Å². The fourth-order valence-electron chi connectivity index (χ4n) is 1.49. The molecule has 0 aliphatic rings. The van der Waals surface area contributed by atoms with E-state index in [-0.39, 0.29) is 5.92 Å². The Bertz CT molecular complexity index is 386. The summed E-state index contributed by atoms with van der Waals surface area (Å²) in [4.78, 5) is 29.5. The Morgan fingerprint density at radius 2 is 1.24 bits per heavy atom. The van der Waals surface area contributed by atoms with Crippen molar-refractivity contribution in [3.05, 3.63) is 0 Å². The third-order valence-electron chi connectivity index (χ3n) is 2.13. The summed E-state index contributed by atoms with van der Waals surface area (Å²) in [6.45, 7) is 14.1. The van der Waals surface area contributed by atoms with Gasteiger partial charge in [-0.2, -0.15) is 4.90 Å². The molecular weight excluding hydrogens is 272 g/mol. The fraction of sp³-hybridized carbons (Fsp3) is 0.800. The molecule has 122 valence electrons. The SMILES string of the molecule is C/N=C(\C(C)C)N(C(=O)OC(C)(C)C)C(=O)OC(C)(C)C. The zero-order chi connectivity index (χ0) is 17.0. The zero-order valence-electron chi connectivity index (χ0n) is 14.6. The summed E-state index contributed by atoms with van der Waals surface area (Å²) in [6, 6.07) is 0. The highest BCUT2D eigenvalue weighted by molar-refractivity contribution is 6.09. The van der Waals surface area contributed by atoms with Crippen LogP contribution in [0, 0.1) is 5.92 Å². The van der Waals surface area contributed by atoms with Crippen LogP contribution in [0.4, 0.5) is 9.59 Å². The Hall–Kier alpha value is -1.59. The molecule has 0 saturated carbocycles. The van der Waals surface area contributed by atoms with Gasteiger partial charge in [0.05, 0.1) is 0 Å². The van der Waals surface area contributed by atoms with E-state index in [0.717, 1.165) is 4.90 Å². The minimum Gasteiger partial charge on any atom is -0.443 e. The molecule has 0 aliphatic carbocycles. The second-order valence-corrected chi connectivity index (χ2v) is 7.03. The lowest BCUT2D eigenvalue weighted by molar-refractivity contribution is 0.0139. The van der Waals surface area contributed by atoms with Gasteiger partial charge in [-0.05, 0) is 41.5 Å². The van der Waals surface area contributed by atoms with Gasteiger partial charge in [-0.25, -0.2) is 9.59 Å². The molecule has 0 rings (SSSR count). The van der Waals surface area contributed by atoms with E-state index in [0.29, 0.717) is 5.84 Å². The second kappa shape index (κ2) is 6.91. The van der Waals surface area contributed by atoms with Crippen LogP contribution in [0.5, 0.6) is 0 Å². The molecule has 0 bridgehead atoms. The van der Waals surface area contributed by atoms with E-state index in [4.69, 9.17) is 9.47 Å². The zero-order valence-corrected chi connectivity index (χ0v) is 14.6. The van der Waals surface area contributed by atoms with Gasteiger partial charge >= 0.3 is 12.2 Å². The number of carbonyl (C=O) groups is 2. The van der Waals surface area contributed by atoms with Gasteiger partial charge in [-0.3, -0.25) is 4.99 Å². The molecule has 6 heteroatoms. The third-order valence-corrected chi connectivity index (χ3v) is 2.13. The standard InChI is InChI=1S/C15H28N2O4/c1-10(2)11(16-9)17(12(18)20-14(3,4)5)13(19)21-15(6,7)8/h10H,1-9H3/b16-11+.